The number of hydrogen-bond donors (Lipinski definition) is 2. The van der Waals surface area contributed by atoms with Gasteiger partial charge in [-0.1, -0.05) is 25.3 Å². The number of carbonyl (C=O) groups is 2. The lowest BCUT2D eigenvalue weighted by Crippen LogP contribution is -2.40. The lowest BCUT2D eigenvalue weighted by molar-refractivity contribution is -0.124. The van der Waals surface area contributed by atoms with Gasteiger partial charge >= 0.3 is 5.97 Å². The molecule has 2 aromatic carbocycles. The highest BCUT2D eigenvalue weighted by atomic mass is 32.2. The van der Waals surface area contributed by atoms with Crippen LogP contribution in [0.2, 0.25) is 0 Å². The Morgan fingerprint density at radius 1 is 1.12 bits per heavy atom. The summed E-state index contributed by atoms with van der Waals surface area (Å²) in [7, 11) is 2.89. The molecular weight excluding hydrogens is 456 g/mol. The minimum absolute atomic E-state index is 0.0462. The van der Waals surface area contributed by atoms with Crippen molar-refractivity contribution in [1.82, 2.24) is 4.90 Å². The van der Waals surface area contributed by atoms with Crippen molar-refractivity contribution < 1.29 is 29.3 Å². The summed E-state index contributed by atoms with van der Waals surface area (Å²) in [5.74, 6) is -0.800. The van der Waals surface area contributed by atoms with Crippen molar-refractivity contribution in [2.75, 3.05) is 14.2 Å². The van der Waals surface area contributed by atoms with Gasteiger partial charge in [0.2, 0.25) is 5.75 Å². The van der Waals surface area contributed by atoms with Gasteiger partial charge in [0.15, 0.2) is 16.7 Å². The second kappa shape index (κ2) is 10.2. The van der Waals surface area contributed by atoms with Gasteiger partial charge in [0, 0.05) is 6.04 Å². The number of carboxylic acids is 1. The molecule has 1 heterocycles. The molecule has 1 aliphatic carbocycles. The number of rotatable bonds is 6. The van der Waals surface area contributed by atoms with Gasteiger partial charge in [-0.05, 0) is 66.6 Å². The summed E-state index contributed by atoms with van der Waals surface area (Å²) in [5, 5.41) is 20.0. The summed E-state index contributed by atoms with van der Waals surface area (Å²) < 4.78 is 10.5. The van der Waals surface area contributed by atoms with Crippen LogP contribution in [0.15, 0.2) is 46.3 Å². The van der Waals surface area contributed by atoms with Crippen LogP contribution < -0.4 is 9.47 Å². The molecule has 0 radical (unpaired) electrons. The Bertz CT molecular complexity index is 1140. The fraction of sp³-hybridized carbons (Fsp3) is 0.320. The zero-order chi connectivity index (χ0) is 24.2. The minimum atomic E-state index is -1.03. The van der Waals surface area contributed by atoms with E-state index in [-0.39, 0.29) is 34.8 Å². The summed E-state index contributed by atoms with van der Waals surface area (Å²) >= 11 is 1.25. The Morgan fingerprint density at radius 2 is 1.79 bits per heavy atom. The number of hydrogen-bond acceptors (Lipinski definition) is 7. The largest absolute Gasteiger partial charge is 0.502 e. The quantitative estimate of drug-likeness (QED) is 0.555. The maximum Gasteiger partial charge on any atom is 0.335 e. The zero-order valence-corrected chi connectivity index (χ0v) is 19.8. The van der Waals surface area contributed by atoms with E-state index in [0.717, 1.165) is 32.1 Å². The number of ether oxygens (including phenoxy) is 2. The number of aliphatic imine (C=N–C) groups is 1. The minimum Gasteiger partial charge on any atom is -0.502 e. The third-order valence-electron chi connectivity index (χ3n) is 5.89. The van der Waals surface area contributed by atoms with E-state index in [1.807, 2.05) is 0 Å². The summed E-state index contributed by atoms with van der Waals surface area (Å²) in [6.45, 7) is 0. The first kappa shape index (κ1) is 23.7. The smallest absolute Gasteiger partial charge is 0.335 e. The number of carbonyl (C=O) groups excluding carboxylic acids is 1. The number of nitrogens with zero attached hydrogens (tertiary/aromatic N) is 2. The van der Waals surface area contributed by atoms with Crippen LogP contribution in [-0.2, 0) is 4.79 Å². The Kier molecular flexibility index (Phi) is 7.12. The molecule has 178 valence electrons. The van der Waals surface area contributed by atoms with Gasteiger partial charge in [-0.15, -0.1) is 0 Å². The molecule has 4 rings (SSSR count). The fourth-order valence-electron chi connectivity index (χ4n) is 4.19. The van der Waals surface area contributed by atoms with E-state index < -0.39 is 5.97 Å². The van der Waals surface area contributed by atoms with Crippen LogP contribution in [0.5, 0.6) is 17.2 Å². The van der Waals surface area contributed by atoms with Crippen molar-refractivity contribution in [2.24, 2.45) is 4.99 Å². The van der Waals surface area contributed by atoms with Crippen LogP contribution in [0.4, 0.5) is 5.69 Å². The number of amidine groups is 1. The summed E-state index contributed by atoms with van der Waals surface area (Å²) in [6, 6.07) is 9.68. The molecule has 0 atom stereocenters. The van der Waals surface area contributed by atoms with Crippen LogP contribution >= 0.6 is 11.8 Å². The first-order valence-corrected chi connectivity index (χ1v) is 11.8. The first-order chi connectivity index (χ1) is 16.4. The third kappa shape index (κ3) is 4.89. The molecule has 1 amide bonds. The Balaban J connectivity index is 1.74. The standard InChI is InChI=1S/C25H26N2O6S/c1-32-19-11-15(12-20(33-2)22(19)28)13-21-23(29)27(18-9-4-3-5-10-18)25(34-21)26-17-8-6-7-16(14-17)24(30)31/h6-8,11-14,18,28H,3-5,9-10H2,1-2H3,(H,30,31)/b21-13-,26-25?. The van der Waals surface area contributed by atoms with E-state index in [1.54, 1.807) is 35.2 Å². The maximum atomic E-state index is 13.5. The Morgan fingerprint density at radius 3 is 2.41 bits per heavy atom. The Hall–Kier alpha value is -3.46. The number of aromatic carboxylic acids is 1. The lowest BCUT2D eigenvalue weighted by atomic mass is 9.94. The van der Waals surface area contributed by atoms with Crippen LogP contribution in [0, 0.1) is 0 Å². The fourth-order valence-corrected chi connectivity index (χ4v) is 5.25. The predicted octanol–water partition coefficient (Wildman–Crippen LogP) is 5.04. The van der Waals surface area contributed by atoms with E-state index in [4.69, 9.17) is 9.47 Å². The highest BCUT2D eigenvalue weighted by Crippen LogP contribution is 2.41. The van der Waals surface area contributed by atoms with Crippen molar-refractivity contribution in [1.29, 1.82) is 0 Å². The van der Waals surface area contributed by atoms with Gasteiger partial charge in [-0.2, -0.15) is 0 Å². The second-order valence-electron chi connectivity index (χ2n) is 8.10. The van der Waals surface area contributed by atoms with Crippen molar-refractivity contribution in [3.63, 3.8) is 0 Å². The Labute approximate surface area is 201 Å². The third-order valence-corrected chi connectivity index (χ3v) is 6.88. The molecule has 0 spiro atoms. The normalized spacial score (nSPS) is 19.1. The molecule has 34 heavy (non-hydrogen) atoms. The van der Waals surface area contributed by atoms with Crippen molar-refractivity contribution >= 4 is 40.6 Å². The predicted molar refractivity (Wildman–Crippen MR) is 131 cm³/mol. The van der Waals surface area contributed by atoms with Gasteiger partial charge in [-0.3, -0.25) is 9.69 Å². The molecule has 1 aliphatic heterocycles. The molecule has 0 bridgehead atoms. The number of thioether (sulfide) groups is 1. The molecule has 1 saturated heterocycles. The van der Waals surface area contributed by atoms with Crippen molar-refractivity contribution in [3.05, 3.63) is 52.4 Å². The number of carboxylic acid groups (broad SMARTS) is 1. The van der Waals surface area contributed by atoms with E-state index in [0.29, 0.717) is 21.3 Å². The van der Waals surface area contributed by atoms with E-state index >= 15 is 0 Å². The molecule has 0 unspecified atom stereocenters. The summed E-state index contributed by atoms with van der Waals surface area (Å²) in [5.41, 5.74) is 1.25. The van der Waals surface area contributed by atoms with Crippen LogP contribution in [0.25, 0.3) is 6.08 Å². The van der Waals surface area contributed by atoms with E-state index in [1.165, 1.54) is 38.1 Å². The van der Waals surface area contributed by atoms with Crippen LogP contribution in [-0.4, -0.2) is 52.4 Å². The maximum absolute atomic E-state index is 13.5. The van der Waals surface area contributed by atoms with Gasteiger partial charge in [0.1, 0.15) is 0 Å². The average molecular weight is 483 g/mol. The highest BCUT2D eigenvalue weighted by molar-refractivity contribution is 8.18. The molecule has 9 heteroatoms. The van der Waals surface area contributed by atoms with Crippen molar-refractivity contribution in [2.45, 2.75) is 38.1 Å². The molecular formula is C25H26N2O6S. The summed E-state index contributed by atoms with van der Waals surface area (Å²) in [4.78, 5) is 31.8. The molecule has 0 aromatic heterocycles. The highest BCUT2D eigenvalue weighted by Gasteiger charge is 2.38. The van der Waals surface area contributed by atoms with E-state index in [9.17, 15) is 19.8 Å². The topological polar surface area (TPSA) is 109 Å². The monoisotopic (exact) mass is 482 g/mol. The van der Waals surface area contributed by atoms with Crippen molar-refractivity contribution in [3.8, 4) is 17.2 Å². The van der Waals surface area contributed by atoms with E-state index in [2.05, 4.69) is 4.99 Å². The second-order valence-corrected chi connectivity index (χ2v) is 9.11. The molecule has 2 aliphatic rings. The summed E-state index contributed by atoms with van der Waals surface area (Å²) in [6.07, 6.45) is 6.76. The zero-order valence-electron chi connectivity index (χ0n) is 19.0. The van der Waals surface area contributed by atoms with Gasteiger partial charge in [-0.25, -0.2) is 9.79 Å². The number of aromatic hydroxyl groups is 1. The number of amides is 1. The number of benzene rings is 2. The number of phenols is 1. The average Bonchev–Trinajstić information content (AvgIpc) is 3.14. The first-order valence-electron chi connectivity index (χ1n) is 11.0. The molecule has 2 aromatic rings. The van der Waals surface area contributed by atoms with Crippen LogP contribution in [0.1, 0.15) is 48.0 Å². The van der Waals surface area contributed by atoms with Crippen LogP contribution in [0.3, 0.4) is 0 Å². The number of phenolic OH excluding ortho intramolecular Hbond substituents is 1. The van der Waals surface area contributed by atoms with Gasteiger partial charge < -0.3 is 19.7 Å². The lowest BCUT2D eigenvalue weighted by Gasteiger charge is -2.30. The number of methoxy groups -OCH3 is 2. The molecule has 2 N–H and O–H groups in total. The molecule has 1 saturated carbocycles. The molecule has 8 nitrogen and oxygen atoms in total. The SMILES string of the molecule is COc1cc(/C=C2\SC(=Nc3cccc(C(=O)O)c3)N(C3CCCCC3)C2=O)cc(OC)c1O. The molecule has 2 fully saturated rings. The van der Waals surface area contributed by atoms with Gasteiger partial charge in [0.25, 0.3) is 5.91 Å². The van der Waals surface area contributed by atoms with Gasteiger partial charge in [0.05, 0.1) is 30.4 Å².